The lowest BCUT2D eigenvalue weighted by Crippen LogP contribution is -2.32. The van der Waals surface area contributed by atoms with Crippen molar-refractivity contribution in [2.45, 2.75) is 11.8 Å². The van der Waals surface area contributed by atoms with E-state index >= 15 is 0 Å². The quantitative estimate of drug-likeness (QED) is 0.402. The Morgan fingerprint density at radius 2 is 2.00 bits per heavy atom. The fourth-order valence-corrected chi connectivity index (χ4v) is 2.93. The predicted molar refractivity (Wildman–Crippen MR) is 80.7 cm³/mol. The van der Waals surface area contributed by atoms with E-state index in [2.05, 4.69) is 9.76 Å². The van der Waals surface area contributed by atoms with Crippen molar-refractivity contribution < 1.29 is 17.3 Å². The number of nitrogens with zero attached hydrogens (tertiary/aromatic N) is 1. The molecule has 0 aromatic heterocycles. The summed E-state index contributed by atoms with van der Waals surface area (Å²) in [6, 6.07) is 9.66. The number of hydrogen-bond donors (Lipinski definition) is 2. The summed E-state index contributed by atoms with van der Waals surface area (Å²) in [7, 11) is -0.553. The zero-order valence-corrected chi connectivity index (χ0v) is 13.2. The average molecular weight is 320 g/mol. The van der Waals surface area contributed by atoms with Gasteiger partial charge in [0.1, 0.15) is 0 Å². The molecule has 6 nitrogen and oxygen atoms in total. The van der Waals surface area contributed by atoms with Gasteiger partial charge in [-0.25, -0.2) is 0 Å². The molecule has 0 bridgehead atoms. The van der Waals surface area contributed by atoms with Gasteiger partial charge in [-0.2, -0.15) is 18.2 Å². The molecule has 0 heterocycles. The average Bonchev–Trinajstić information content (AvgIpc) is 2.35. The molecule has 1 atom stereocenters. The molecule has 8 heteroatoms. The summed E-state index contributed by atoms with van der Waals surface area (Å²) in [5.74, 6) is 0.812. The standard InChI is InChI=1S/C12H20N2O4S2/c1-14(2)8-9-19-12(13-18-20(15,16)17)10-11-6-4-3-5-7-11/h3-7,12-13H,8-10H2,1-2H3,(H,15,16,17). The zero-order chi connectivity index (χ0) is 15.0. The van der Waals surface area contributed by atoms with Gasteiger partial charge < -0.3 is 4.90 Å². The third kappa shape index (κ3) is 8.51. The maximum atomic E-state index is 10.6. The van der Waals surface area contributed by atoms with Crippen molar-refractivity contribution in [1.82, 2.24) is 10.4 Å². The van der Waals surface area contributed by atoms with Crippen LogP contribution >= 0.6 is 11.8 Å². The Balaban J connectivity index is 2.54. The van der Waals surface area contributed by atoms with Crippen molar-refractivity contribution in [3.63, 3.8) is 0 Å². The van der Waals surface area contributed by atoms with Crippen LogP contribution < -0.4 is 5.48 Å². The minimum Gasteiger partial charge on any atom is -0.309 e. The Hall–Kier alpha value is -0.640. The van der Waals surface area contributed by atoms with E-state index in [0.29, 0.717) is 6.42 Å². The van der Waals surface area contributed by atoms with E-state index in [9.17, 15) is 8.42 Å². The summed E-state index contributed by atoms with van der Waals surface area (Å²) in [5, 5.41) is -0.265. The van der Waals surface area contributed by atoms with Gasteiger partial charge in [-0.1, -0.05) is 30.3 Å². The SMILES string of the molecule is CN(C)CCSC(Cc1ccccc1)NOS(=O)(=O)O. The molecule has 0 fully saturated rings. The first-order chi connectivity index (χ1) is 9.37. The van der Waals surface area contributed by atoms with Crippen LogP contribution in [0.3, 0.4) is 0 Å². The lowest BCUT2D eigenvalue weighted by atomic mass is 10.1. The molecule has 1 aromatic carbocycles. The number of benzene rings is 1. The maximum Gasteiger partial charge on any atom is 0.413 e. The first-order valence-electron chi connectivity index (χ1n) is 6.08. The van der Waals surface area contributed by atoms with Crippen LogP contribution in [0.5, 0.6) is 0 Å². The summed E-state index contributed by atoms with van der Waals surface area (Å²) in [6.45, 7) is 0.865. The van der Waals surface area contributed by atoms with Gasteiger partial charge in [-0.15, -0.1) is 11.8 Å². The number of rotatable bonds is 9. The van der Waals surface area contributed by atoms with Crippen molar-refractivity contribution in [1.29, 1.82) is 0 Å². The van der Waals surface area contributed by atoms with E-state index in [1.54, 1.807) is 0 Å². The Bertz CT molecular complexity index is 479. The summed E-state index contributed by atoms with van der Waals surface area (Å²) in [4.78, 5) is 2.04. The Labute approximate surface area is 124 Å². The second-order valence-corrected chi connectivity index (χ2v) is 6.81. The molecule has 1 aromatic rings. The topological polar surface area (TPSA) is 78.9 Å². The maximum absolute atomic E-state index is 10.6. The van der Waals surface area contributed by atoms with Crippen molar-refractivity contribution in [3.05, 3.63) is 35.9 Å². The number of hydrogen-bond acceptors (Lipinski definition) is 6. The van der Waals surface area contributed by atoms with Gasteiger partial charge in [-0.3, -0.25) is 4.55 Å². The summed E-state index contributed by atoms with van der Waals surface area (Å²) in [5.41, 5.74) is 3.45. The van der Waals surface area contributed by atoms with Crippen LogP contribution in [0.15, 0.2) is 30.3 Å². The van der Waals surface area contributed by atoms with Crippen LogP contribution in [0.1, 0.15) is 5.56 Å². The highest BCUT2D eigenvalue weighted by Gasteiger charge is 2.14. The highest BCUT2D eigenvalue weighted by molar-refractivity contribution is 7.99. The predicted octanol–water partition coefficient (Wildman–Crippen LogP) is 1.17. The minimum absolute atomic E-state index is 0.265. The van der Waals surface area contributed by atoms with Gasteiger partial charge in [0.2, 0.25) is 0 Å². The first kappa shape index (κ1) is 17.4. The van der Waals surface area contributed by atoms with E-state index < -0.39 is 10.4 Å². The van der Waals surface area contributed by atoms with Crippen molar-refractivity contribution in [2.75, 3.05) is 26.4 Å². The van der Waals surface area contributed by atoms with E-state index in [1.165, 1.54) is 11.8 Å². The highest BCUT2D eigenvalue weighted by atomic mass is 32.3. The fraction of sp³-hybridized carbons (Fsp3) is 0.500. The molecule has 2 N–H and O–H groups in total. The number of hydroxylamine groups is 1. The lowest BCUT2D eigenvalue weighted by molar-refractivity contribution is 0.166. The van der Waals surface area contributed by atoms with Gasteiger partial charge in [0, 0.05) is 12.3 Å². The summed E-state index contributed by atoms with van der Waals surface area (Å²) in [6.07, 6.45) is 0.592. The molecule has 1 unspecified atom stereocenters. The molecule has 20 heavy (non-hydrogen) atoms. The van der Waals surface area contributed by atoms with Crippen LogP contribution in [0, 0.1) is 0 Å². The fourth-order valence-electron chi connectivity index (χ4n) is 1.45. The molecule has 114 valence electrons. The molecule has 0 aliphatic carbocycles. The molecular weight excluding hydrogens is 300 g/mol. The molecule has 0 spiro atoms. The van der Waals surface area contributed by atoms with Crippen molar-refractivity contribution in [3.8, 4) is 0 Å². The smallest absolute Gasteiger partial charge is 0.309 e. The van der Waals surface area contributed by atoms with Crippen LogP contribution in [-0.4, -0.2) is 49.6 Å². The van der Waals surface area contributed by atoms with E-state index in [-0.39, 0.29) is 5.37 Å². The summed E-state index contributed by atoms with van der Waals surface area (Å²) >= 11 is 1.53. The van der Waals surface area contributed by atoms with E-state index in [4.69, 9.17) is 4.55 Å². The zero-order valence-electron chi connectivity index (χ0n) is 11.5. The van der Waals surface area contributed by atoms with Crippen molar-refractivity contribution in [2.24, 2.45) is 0 Å². The Morgan fingerprint density at radius 1 is 1.35 bits per heavy atom. The van der Waals surface area contributed by atoms with Gasteiger partial charge in [0.25, 0.3) is 0 Å². The van der Waals surface area contributed by atoms with E-state index in [1.807, 2.05) is 49.3 Å². The van der Waals surface area contributed by atoms with Crippen LogP contribution in [0.4, 0.5) is 0 Å². The van der Waals surface area contributed by atoms with Gasteiger partial charge in [-0.05, 0) is 26.1 Å². The molecule has 0 saturated carbocycles. The van der Waals surface area contributed by atoms with Crippen LogP contribution in [-0.2, 0) is 21.1 Å². The molecule has 0 aliphatic heterocycles. The van der Waals surface area contributed by atoms with Gasteiger partial charge in [0.05, 0.1) is 5.37 Å². The first-order valence-corrected chi connectivity index (χ1v) is 8.50. The monoisotopic (exact) mass is 320 g/mol. The lowest BCUT2D eigenvalue weighted by Gasteiger charge is -2.18. The second-order valence-electron chi connectivity index (χ2n) is 4.48. The highest BCUT2D eigenvalue weighted by Crippen LogP contribution is 2.15. The molecule has 1 rings (SSSR count). The number of thioether (sulfide) groups is 1. The molecular formula is C12H20N2O4S2. The molecule has 0 amide bonds. The normalized spacial score (nSPS) is 13.6. The summed E-state index contributed by atoms with van der Waals surface area (Å²) < 4.78 is 34.1. The van der Waals surface area contributed by atoms with Crippen LogP contribution in [0.2, 0.25) is 0 Å². The second kappa shape index (κ2) is 8.60. The van der Waals surface area contributed by atoms with Gasteiger partial charge >= 0.3 is 10.4 Å². The number of nitrogens with one attached hydrogen (secondary N) is 1. The third-order valence-electron chi connectivity index (χ3n) is 2.41. The van der Waals surface area contributed by atoms with E-state index in [0.717, 1.165) is 17.9 Å². The van der Waals surface area contributed by atoms with Crippen molar-refractivity contribution >= 4 is 22.2 Å². The largest absolute Gasteiger partial charge is 0.413 e. The van der Waals surface area contributed by atoms with Gasteiger partial charge in [0.15, 0.2) is 0 Å². The molecule has 0 radical (unpaired) electrons. The Kier molecular flexibility index (Phi) is 7.49. The Morgan fingerprint density at radius 3 is 2.55 bits per heavy atom. The third-order valence-corrected chi connectivity index (χ3v) is 3.80. The molecule has 0 aliphatic rings. The molecule has 0 saturated heterocycles. The van der Waals surface area contributed by atoms with Crippen LogP contribution in [0.25, 0.3) is 0 Å². The minimum atomic E-state index is -4.49.